The second-order valence-corrected chi connectivity index (χ2v) is 7.95. The normalized spacial score (nSPS) is 24.6. The Morgan fingerprint density at radius 3 is 2.35 bits per heavy atom. The van der Waals surface area contributed by atoms with E-state index in [2.05, 4.69) is 23.6 Å². The molecule has 0 aliphatic carbocycles. The van der Waals surface area contributed by atoms with Gasteiger partial charge in [-0.2, -0.15) is 0 Å². The third-order valence-electron chi connectivity index (χ3n) is 5.57. The topological polar surface area (TPSA) is 43.9 Å². The molecule has 2 amide bonds. The van der Waals surface area contributed by atoms with E-state index in [9.17, 15) is 9.59 Å². The highest BCUT2D eigenvalue weighted by molar-refractivity contribution is 6.30. The van der Waals surface area contributed by atoms with Gasteiger partial charge in [0.25, 0.3) is 5.91 Å². The molecule has 2 fully saturated rings. The highest BCUT2D eigenvalue weighted by atomic mass is 35.5. The van der Waals surface area contributed by atoms with Crippen LogP contribution in [-0.4, -0.2) is 71.3 Å². The molecule has 5 nitrogen and oxygen atoms in total. The van der Waals surface area contributed by atoms with Gasteiger partial charge in [-0.25, -0.2) is 0 Å². The second kappa shape index (κ2) is 8.40. The van der Waals surface area contributed by atoms with Crippen molar-refractivity contribution in [1.29, 1.82) is 0 Å². The summed E-state index contributed by atoms with van der Waals surface area (Å²) in [6.07, 6.45) is 3.40. The van der Waals surface area contributed by atoms with Crippen molar-refractivity contribution < 1.29 is 9.59 Å². The number of carbonyl (C=O) groups is 2. The van der Waals surface area contributed by atoms with Gasteiger partial charge in [0, 0.05) is 48.8 Å². The van der Waals surface area contributed by atoms with Crippen molar-refractivity contribution in [2.24, 2.45) is 0 Å². The largest absolute Gasteiger partial charge is 0.336 e. The first-order chi connectivity index (χ1) is 12.5. The van der Waals surface area contributed by atoms with Crippen molar-refractivity contribution in [3.63, 3.8) is 0 Å². The molecule has 2 saturated heterocycles. The van der Waals surface area contributed by atoms with E-state index in [0.29, 0.717) is 42.3 Å². The summed E-state index contributed by atoms with van der Waals surface area (Å²) in [5.74, 6) is 0.232. The molecule has 2 unspecified atom stereocenters. The average Bonchev–Trinajstić information content (AvgIpc) is 2.61. The molecular weight excluding hydrogens is 350 g/mol. The number of piperidine rings is 1. The lowest BCUT2D eigenvalue weighted by Gasteiger charge is -2.41. The van der Waals surface area contributed by atoms with Crippen molar-refractivity contribution in [2.75, 3.05) is 32.7 Å². The zero-order valence-corrected chi connectivity index (χ0v) is 16.4. The molecule has 1 aromatic rings. The minimum atomic E-state index is 0.0109. The molecule has 0 radical (unpaired) electrons. The van der Waals surface area contributed by atoms with Crippen LogP contribution in [0.2, 0.25) is 5.02 Å². The van der Waals surface area contributed by atoms with Gasteiger partial charge in [-0.1, -0.05) is 17.7 Å². The lowest BCUT2D eigenvalue weighted by Crippen LogP contribution is -2.54. The quantitative estimate of drug-likeness (QED) is 0.813. The summed E-state index contributed by atoms with van der Waals surface area (Å²) < 4.78 is 0. The number of piperazine rings is 1. The van der Waals surface area contributed by atoms with Crippen LogP contribution in [0.1, 0.15) is 43.5 Å². The van der Waals surface area contributed by atoms with Gasteiger partial charge < -0.3 is 9.80 Å². The summed E-state index contributed by atoms with van der Waals surface area (Å²) in [6, 6.07) is 7.73. The molecular formula is C20H28ClN3O2. The van der Waals surface area contributed by atoms with Crippen molar-refractivity contribution >= 4 is 23.4 Å². The number of hydrogen-bond donors (Lipinski definition) is 0. The molecule has 1 aromatic carbocycles. The molecule has 0 bridgehead atoms. The van der Waals surface area contributed by atoms with Gasteiger partial charge in [0.05, 0.1) is 6.54 Å². The Bertz CT molecular complexity index is 648. The third-order valence-corrected chi connectivity index (χ3v) is 5.81. The van der Waals surface area contributed by atoms with E-state index in [1.807, 2.05) is 4.90 Å². The van der Waals surface area contributed by atoms with Gasteiger partial charge in [-0.3, -0.25) is 14.5 Å². The number of benzene rings is 1. The fourth-order valence-electron chi connectivity index (χ4n) is 4.10. The number of amides is 2. The maximum absolute atomic E-state index is 12.8. The average molecular weight is 378 g/mol. The number of hydrogen-bond acceptors (Lipinski definition) is 3. The summed E-state index contributed by atoms with van der Waals surface area (Å²) >= 11 is 5.98. The Kier molecular flexibility index (Phi) is 6.20. The Hall–Kier alpha value is -1.59. The number of carbonyl (C=O) groups excluding carboxylic acids is 2. The van der Waals surface area contributed by atoms with Crippen LogP contribution in [0.15, 0.2) is 24.3 Å². The zero-order valence-electron chi connectivity index (χ0n) is 15.7. The van der Waals surface area contributed by atoms with Crippen LogP contribution in [0.25, 0.3) is 0 Å². The Morgan fingerprint density at radius 1 is 1.08 bits per heavy atom. The molecule has 142 valence electrons. The predicted octanol–water partition coefficient (Wildman–Crippen LogP) is 2.89. The second-order valence-electron chi connectivity index (χ2n) is 7.51. The van der Waals surface area contributed by atoms with Crippen LogP contribution in [0, 0.1) is 0 Å². The van der Waals surface area contributed by atoms with Crippen molar-refractivity contribution in [1.82, 2.24) is 14.7 Å². The molecule has 2 aliphatic heterocycles. The van der Waals surface area contributed by atoms with E-state index in [-0.39, 0.29) is 11.8 Å². The van der Waals surface area contributed by atoms with Crippen molar-refractivity contribution in [3.8, 4) is 0 Å². The molecule has 6 heteroatoms. The Labute approximate surface area is 160 Å². The molecule has 3 rings (SSSR count). The molecule has 26 heavy (non-hydrogen) atoms. The van der Waals surface area contributed by atoms with Gasteiger partial charge in [-0.05, 0) is 51.3 Å². The van der Waals surface area contributed by atoms with E-state index < -0.39 is 0 Å². The molecule has 2 atom stereocenters. The molecule has 0 aromatic heterocycles. The molecule has 2 heterocycles. The molecule has 2 aliphatic rings. The summed E-state index contributed by atoms with van der Waals surface area (Å²) in [5, 5.41) is 0.574. The van der Waals surface area contributed by atoms with Crippen molar-refractivity contribution in [3.05, 3.63) is 34.9 Å². The maximum Gasteiger partial charge on any atom is 0.253 e. The molecule has 0 N–H and O–H groups in total. The lowest BCUT2D eigenvalue weighted by molar-refractivity contribution is -0.138. The molecule has 0 saturated carbocycles. The van der Waals surface area contributed by atoms with Gasteiger partial charge in [0.15, 0.2) is 0 Å². The Morgan fingerprint density at radius 2 is 1.73 bits per heavy atom. The monoisotopic (exact) mass is 377 g/mol. The van der Waals surface area contributed by atoms with Crippen LogP contribution in [0.3, 0.4) is 0 Å². The molecule has 0 spiro atoms. The number of likely N-dealkylation sites (tertiary alicyclic amines) is 1. The first-order valence-corrected chi connectivity index (χ1v) is 9.92. The first-order valence-electron chi connectivity index (χ1n) is 9.54. The zero-order chi connectivity index (χ0) is 18.7. The highest BCUT2D eigenvalue weighted by Gasteiger charge is 2.31. The fraction of sp³-hybridized carbons (Fsp3) is 0.600. The number of rotatable bonds is 3. The standard InChI is InChI=1S/C20H28ClN3O2/c1-15-5-3-6-16(2)24(15)19(25)14-22-9-11-23(12-10-22)20(26)17-7-4-8-18(21)13-17/h4,7-8,13,15-16H,3,5-6,9-12,14H2,1-2H3. The van der Waals surface area contributed by atoms with Gasteiger partial charge in [0.1, 0.15) is 0 Å². The van der Waals surface area contributed by atoms with Gasteiger partial charge in [-0.15, -0.1) is 0 Å². The number of nitrogens with zero attached hydrogens (tertiary/aromatic N) is 3. The van der Waals surface area contributed by atoms with E-state index in [1.165, 1.54) is 6.42 Å². The van der Waals surface area contributed by atoms with E-state index >= 15 is 0 Å². The maximum atomic E-state index is 12.8. The van der Waals surface area contributed by atoms with Crippen LogP contribution in [0.5, 0.6) is 0 Å². The lowest BCUT2D eigenvalue weighted by atomic mass is 9.97. The number of halogens is 1. The van der Waals surface area contributed by atoms with E-state index in [4.69, 9.17) is 11.6 Å². The SMILES string of the molecule is CC1CCCC(C)N1C(=O)CN1CCN(C(=O)c2cccc(Cl)c2)CC1. The Balaban J connectivity index is 1.52. The van der Waals surface area contributed by atoms with E-state index in [1.54, 1.807) is 24.3 Å². The summed E-state index contributed by atoms with van der Waals surface area (Å²) in [7, 11) is 0. The summed E-state index contributed by atoms with van der Waals surface area (Å²) in [4.78, 5) is 31.4. The third kappa shape index (κ3) is 4.38. The first kappa shape index (κ1) is 19.2. The van der Waals surface area contributed by atoms with Crippen LogP contribution >= 0.6 is 11.6 Å². The summed E-state index contributed by atoms with van der Waals surface area (Å²) in [5.41, 5.74) is 0.623. The fourth-order valence-corrected chi connectivity index (χ4v) is 4.29. The highest BCUT2D eigenvalue weighted by Crippen LogP contribution is 2.23. The predicted molar refractivity (Wildman–Crippen MR) is 103 cm³/mol. The van der Waals surface area contributed by atoms with Crippen LogP contribution in [0.4, 0.5) is 0 Å². The minimum absolute atomic E-state index is 0.0109. The van der Waals surface area contributed by atoms with Crippen LogP contribution < -0.4 is 0 Å². The van der Waals surface area contributed by atoms with Crippen LogP contribution in [-0.2, 0) is 4.79 Å². The van der Waals surface area contributed by atoms with Gasteiger partial charge >= 0.3 is 0 Å². The van der Waals surface area contributed by atoms with Crippen molar-refractivity contribution in [2.45, 2.75) is 45.2 Å². The minimum Gasteiger partial charge on any atom is -0.336 e. The van der Waals surface area contributed by atoms with Gasteiger partial charge in [0.2, 0.25) is 5.91 Å². The smallest absolute Gasteiger partial charge is 0.253 e. The summed E-state index contributed by atoms with van der Waals surface area (Å²) in [6.45, 7) is 7.49. The van der Waals surface area contributed by atoms with E-state index in [0.717, 1.165) is 25.9 Å².